The summed E-state index contributed by atoms with van der Waals surface area (Å²) < 4.78 is 0. The molecule has 4 rings (SSSR count). The Balaban J connectivity index is 1.28. The van der Waals surface area contributed by atoms with Gasteiger partial charge in [0.25, 0.3) is 0 Å². The molecular formula is C19H25N5. The highest BCUT2D eigenvalue weighted by atomic mass is 15.3. The van der Waals surface area contributed by atoms with Gasteiger partial charge in [-0.2, -0.15) is 0 Å². The summed E-state index contributed by atoms with van der Waals surface area (Å²) >= 11 is 0. The summed E-state index contributed by atoms with van der Waals surface area (Å²) in [5.41, 5.74) is 1.42. The molecule has 1 aromatic carbocycles. The second-order valence-corrected chi connectivity index (χ2v) is 6.74. The van der Waals surface area contributed by atoms with Crippen LogP contribution >= 0.6 is 0 Å². The Morgan fingerprint density at radius 3 is 2.54 bits per heavy atom. The molecular weight excluding hydrogens is 298 g/mol. The van der Waals surface area contributed by atoms with E-state index in [-0.39, 0.29) is 0 Å². The van der Waals surface area contributed by atoms with Crippen LogP contribution in [0.25, 0.3) is 0 Å². The second-order valence-electron chi connectivity index (χ2n) is 6.74. The Morgan fingerprint density at radius 2 is 1.79 bits per heavy atom. The summed E-state index contributed by atoms with van der Waals surface area (Å²) in [4.78, 5) is 13.7. The van der Waals surface area contributed by atoms with Gasteiger partial charge >= 0.3 is 0 Å². The van der Waals surface area contributed by atoms with Crippen molar-refractivity contribution >= 4 is 11.6 Å². The largest absolute Gasteiger partial charge is 0.367 e. The maximum absolute atomic E-state index is 4.47. The summed E-state index contributed by atoms with van der Waals surface area (Å²) in [7, 11) is 0. The van der Waals surface area contributed by atoms with Crippen LogP contribution in [0, 0.1) is 0 Å². The zero-order chi connectivity index (χ0) is 16.2. The minimum absolute atomic E-state index is 0.627. The van der Waals surface area contributed by atoms with Gasteiger partial charge in [-0.3, -0.25) is 4.90 Å². The fraction of sp³-hybridized carbons (Fsp3) is 0.474. The number of nitrogens with one attached hydrogen (secondary N) is 1. The van der Waals surface area contributed by atoms with Crippen molar-refractivity contribution in [3.8, 4) is 0 Å². The maximum atomic E-state index is 4.47. The van der Waals surface area contributed by atoms with E-state index in [2.05, 4.69) is 61.5 Å². The third-order valence-corrected chi connectivity index (χ3v) is 4.84. The van der Waals surface area contributed by atoms with Crippen molar-refractivity contribution < 1.29 is 0 Å². The summed E-state index contributed by atoms with van der Waals surface area (Å²) in [5, 5.41) is 3.45. The van der Waals surface area contributed by atoms with Gasteiger partial charge in [-0.1, -0.05) is 30.3 Å². The van der Waals surface area contributed by atoms with Crippen LogP contribution in [0.1, 0.15) is 18.4 Å². The Labute approximate surface area is 143 Å². The van der Waals surface area contributed by atoms with Crippen LogP contribution in [0.2, 0.25) is 0 Å². The van der Waals surface area contributed by atoms with Crippen molar-refractivity contribution in [3.05, 3.63) is 48.3 Å². The lowest BCUT2D eigenvalue weighted by atomic mass is 10.1. The molecule has 0 unspecified atom stereocenters. The molecule has 5 heteroatoms. The quantitative estimate of drug-likeness (QED) is 0.884. The SMILES string of the molecule is c1ccc(CCN2CCN(c3cc(NC4CC4)ncn3)CC2)cc1. The summed E-state index contributed by atoms with van der Waals surface area (Å²) in [6.07, 6.45) is 5.34. The number of rotatable bonds is 6. The minimum Gasteiger partial charge on any atom is -0.367 e. The van der Waals surface area contributed by atoms with Crippen LogP contribution in [0.15, 0.2) is 42.7 Å². The maximum Gasteiger partial charge on any atom is 0.134 e. The number of hydrogen-bond donors (Lipinski definition) is 1. The molecule has 24 heavy (non-hydrogen) atoms. The molecule has 1 N–H and O–H groups in total. The highest BCUT2D eigenvalue weighted by Gasteiger charge is 2.22. The Bertz CT molecular complexity index is 648. The third-order valence-electron chi connectivity index (χ3n) is 4.84. The normalized spacial score (nSPS) is 18.6. The fourth-order valence-corrected chi connectivity index (χ4v) is 3.17. The predicted octanol–water partition coefficient (Wildman–Crippen LogP) is 2.42. The van der Waals surface area contributed by atoms with E-state index in [4.69, 9.17) is 0 Å². The van der Waals surface area contributed by atoms with Crippen molar-refractivity contribution in [2.24, 2.45) is 0 Å². The lowest BCUT2D eigenvalue weighted by Gasteiger charge is -2.35. The van der Waals surface area contributed by atoms with Crippen molar-refractivity contribution in [1.82, 2.24) is 14.9 Å². The van der Waals surface area contributed by atoms with Gasteiger partial charge in [-0.25, -0.2) is 9.97 Å². The van der Waals surface area contributed by atoms with Crippen molar-refractivity contribution in [2.75, 3.05) is 42.9 Å². The summed E-state index contributed by atoms with van der Waals surface area (Å²) in [5.74, 6) is 2.02. The molecule has 1 aliphatic heterocycles. The first-order valence-electron chi connectivity index (χ1n) is 8.97. The predicted molar refractivity (Wildman–Crippen MR) is 97.5 cm³/mol. The molecule has 2 aromatic rings. The molecule has 1 aromatic heterocycles. The Morgan fingerprint density at radius 1 is 1.00 bits per heavy atom. The van der Waals surface area contributed by atoms with E-state index in [9.17, 15) is 0 Å². The number of hydrogen-bond acceptors (Lipinski definition) is 5. The molecule has 126 valence electrons. The lowest BCUT2D eigenvalue weighted by Crippen LogP contribution is -2.47. The monoisotopic (exact) mass is 323 g/mol. The number of piperazine rings is 1. The van der Waals surface area contributed by atoms with Crippen LogP contribution in [-0.4, -0.2) is 53.6 Å². The molecule has 0 amide bonds. The van der Waals surface area contributed by atoms with Gasteiger partial charge in [0, 0.05) is 44.8 Å². The number of aromatic nitrogens is 2. The average molecular weight is 323 g/mol. The van der Waals surface area contributed by atoms with Gasteiger partial charge in [0.2, 0.25) is 0 Å². The number of benzene rings is 1. The summed E-state index contributed by atoms with van der Waals surface area (Å²) in [6.45, 7) is 5.41. The minimum atomic E-state index is 0.627. The van der Waals surface area contributed by atoms with Crippen molar-refractivity contribution in [1.29, 1.82) is 0 Å². The van der Waals surface area contributed by atoms with E-state index < -0.39 is 0 Å². The Hall–Kier alpha value is -2.14. The second kappa shape index (κ2) is 7.18. The number of anilines is 2. The Kier molecular flexibility index (Phi) is 4.60. The molecule has 2 aliphatic rings. The van der Waals surface area contributed by atoms with Crippen LogP contribution in [0.3, 0.4) is 0 Å². The molecule has 2 heterocycles. The lowest BCUT2D eigenvalue weighted by molar-refractivity contribution is 0.260. The molecule has 0 atom stereocenters. The highest BCUT2D eigenvalue weighted by molar-refractivity contribution is 5.49. The molecule has 1 aliphatic carbocycles. The smallest absolute Gasteiger partial charge is 0.134 e. The van der Waals surface area contributed by atoms with Crippen molar-refractivity contribution in [3.63, 3.8) is 0 Å². The first kappa shape index (κ1) is 15.4. The standard InChI is InChI=1S/C19H25N5/c1-2-4-16(5-3-1)8-9-23-10-12-24(13-11-23)19-14-18(20-15-21-19)22-17-6-7-17/h1-5,14-15,17H,6-13H2,(H,20,21,22). The van der Waals surface area contributed by atoms with Gasteiger partial charge in [-0.15, -0.1) is 0 Å². The van der Waals surface area contributed by atoms with Gasteiger partial charge in [0.15, 0.2) is 0 Å². The van der Waals surface area contributed by atoms with Crippen LogP contribution < -0.4 is 10.2 Å². The van der Waals surface area contributed by atoms with Crippen LogP contribution in [0.4, 0.5) is 11.6 Å². The van der Waals surface area contributed by atoms with E-state index >= 15 is 0 Å². The van der Waals surface area contributed by atoms with E-state index in [1.165, 1.54) is 18.4 Å². The highest BCUT2D eigenvalue weighted by Crippen LogP contribution is 2.25. The topological polar surface area (TPSA) is 44.3 Å². The van der Waals surface area contributed by atoms with Gasteiger partial charge in [0.1, 0.15) is 18.0 Å². The van der Waals surface area contributed by atoms with Crippen molar-refractivity contribution in [2.45, 2.75) is 25.3 Å². The third kappa shape index (κ3) is 4.03. The fourth-order valence-electron chi connectivity index (χ4n) is 3.17. The molecule has 0 spiro atoms. The zero-order valence-corrected chi connectivity index (χ0v) is 14.1. The summed E-state index contributed by atoms with van der Waals surface area (Å²) in [6, 6.07) is 13.5. The first-order chi connectivity index (χ1) is 11.9. The van der Waals surface area contributed by atoms with E-state index in [0.29, 0.717) is 6.04 Å². The molecule has 5 nitrogen and oxygen atoms in total. The van der Waals surface area contributed by atoms with E-state index in [0.717, 1.165) is 50.8 Å². The molecule has 1 saturated carbocycles. The molecule has 2 fully saturated rings. The zero-order valence-electron chi connectivity index (χ0n) is 14.1. The average Bonchev–Trinajstić information content (AvgIpc) is 3.46. The van der Waals surface area contributed by atoms with Crippen LogP contribution in [0.5, 0.6) is 0 Å². The van der Waals surface area contributed by atoms with E-state index in [1.54, 1.807) is 6.33 Å². The van der Waals surface area contributed by atoms with E-state index in [1.807, 2.05) is 0 Å². The number of nitrogens with zero attached hydrogens (tertiary/aromatic N) is 4. The van der Waals surface area contributed by atoms with Gasteiger partial charge < -0.3 is 10.2 Å². The molecule has 1 saturated heterocycles. The van der Waals surface area contributed by atoms with Crippen LogP contribution in [-0.2, 0) is 6.42 Å². The van der Waals surface area contributed by atoms with Gasteiger partial charge in [0.05, 0.1) is 0 Å². The molecule has 0 radical (unpaired) electrons. The van der Waals surface area contributed by atoms with Gasteiger partial charge in [-0.05, 0) is 24.8 Å². The first-order valence-corrected chi connectivity index (χ1v) is 8.97. The molecule has 0 bridgehead atoms.